The molecule has 0 bridgehead atoms. The van der Waals surface area contributed by atoms with Gasteiger partial charge < -0.3 is 9.47 Å². The van der Waals surface area contributed by atoms with Crippen LogP contribution in [0.15, 0.2) is 18.3 Å². The van der Waals surface area contributed by atoms with E-state index in [4.69, 9.17) is 20.5 Å². The second-order valence-corrected chi connectivity index (χ2v) is 3.74. The highest BCUT2D eigenvalue weighted by atomic mass is 16.5. The van der Waals surface area contributed by atoms with Crippen molar-refractivity contribution < 1.29 is 9.47 Å². The zero-order chi connectivity index (χ0) is 13.1. The monoisotopic (exact) mass is 243 g/mol. The summed E-state index contributed by atoms with van der Waals surface area (Å²) in [6.45, 7) is 1.95. The first-order valence-corrected chi connectivity index (χ1v) is 5.41. The Balaban J connectivity index is 2.71. The van der Waals surface area contributed by atoms with E-state index in [9.17, 15) is 0 Å². The molecular formula is C13H13N3O2. The third kappa shape index (κ3) is 1.94. The Morgan fingerprint density at radius 1 is 1.39 bits per heavy atom. The first kappa shape index (κ1) is 12.1. The van der Waals surface area contributed by atoms with Crippen molar-refractivity contribution in [2.75, 3.05) is 13.8 Å². The molecule has 0 aliphatic rings. The molecule has 5 heteroatoms. The molecule has 0 radical (unpaired) electrons. The largest absolute Gasteiger partial charge is 0.493 e. The molecule has 0 spiro atoms. The molecule has 2 aromatic rings. The molecule has 1 aromatic heterocycles. The molecule has 92 valence electrons. The normalized spacial score (nSPS) is 10.1. The zero-order valence-corrected chi connectivity index (χ0v) is 10.2. The van der Waals surface area contributed by atoms with Crippen LogP contribution in [0.25, 0.3) is 10.9 Å². The minimum atomic E-state index is 0.0666. The number of benzene rings is 1. The highest BCUT2D eigenvalue weighted by Gasteiger charge is 2.11. The molecule has 0 aliphatic carbocycles. The van der Waals surface area contributed by atoms with Gasteiger partial charge in [-0.1, -0.05) is 0 Å². The van der Waals surface area contributed by atoms with Crippen LogP contribution in [0.4, 0.5) is 0 Å². The summed E-state index contributed by atoms with van der Waals surface area (Å²) in [6.07, 6.45) is 1.55. The average molecular weight is 243 g/mol. The number of aromatic nitrogens is 1. The number of nitrogens with two attached hydrogens (primary N) is 1. The summed E-state index contributed by atoms with van der Waals surface area (Å²) in [4.78, 5) is 4.23. The summed E-state index contributed by atoms with van der Waals surface area (Å²) < 4.78 is 10.5. The van der Waals surface area contributed by atoms with Crippen LogP contribution in [-0.2, 0) is 0 Å². The van der Waals surface area contributed by atoms with Crippen LogP contribution in [0.3, 0.4) is 0 Å². The van der Waals surface area contributed by atoms with Crippen LogP contribution < -0.4 is 15.2 Å². The summed E-state index contributed by atoms with van der Waals surface area (Å²) in [5.41, 5.74) is 7.54. The molecule has 2 N–H and O–H groups in total. The van der Waals surface area contributed by atoms with Gasteiger partial charge in [-0.3, -0.25) is 10.7 Å². The maximum absolute atomic E-state index is 8.98. The van der Waals surface area contributed by atoms with Gasteiger partial charge in [0, 0.05) is 17.6 Å². The molecule has 0 unspecified atom stereocenters. The highest BCUT2D eigenvalue weighted by molar-refractivity contribution is 5.87. The van der Waals surface area contributed by atoms with Gasteiger partial charge in [0.05, 0.1) is 18.2 Å². The van der Waals surface area contributed by atoms with Crippen molar-refractivity contribution in [1.82, 2.24) is 4.98 Å². The van der Waals surface area contributed by atoms with E-state index in [1.54, 1.807) is 19.4 Å². The Morgan fingerprint density at radius 2 is 2.17 bits per heavy atom. The fourth-order valence-corrected chi connectivity index (χ4v) is 1.81. The van der Waals surface area contributed by atoms with Gasteiger partial charge in [-0.05, 0) is 18.6 Å². The zero-order valence-electron chi connectivity index (χ0n) is 10.2. The van der Waals surface area contributed by atoms with E-state index in [0.717, 1.165) is 16.5 Å². The number of hydrogen-bond acceptors (Lipinski definition) is 5. The third-order valence-corrected chi connectivity index (χ3v) is 2.78. The number of aryl methyl sites for hydroxylation is 1. The summed E-state index contributed by atoms with van der Waals surface area (Å²) in [5, 5.41) is 9.85. The molecule has 1 aromatic carbocycles. The number of nitriles is 1. The number of pyridine rings is 1. The van der Waals surface area contributed by atoms with Gasteiger partial charge in [0.15, 0.2) is 11.5 Å². The Morgan fingerprint density at radius 3 is 2.78 bits per heavy atom. The van der Waals surface area contributed by atoms with Gasteiger partial charge in [-0.15, -0.1) is 0 Å². The van der Waals surface area contributed by atoms with Crippen molar-refractivity contribution in [2.24, 2.45) is 5.73 Å². The van der Waals surface area contributed by atoms with Crippen molar-refractivity contribution in [2.45, 2.75) is 6.92 Å². The predicted octanol–water partition coefficient (Wildman–Crippen LogP) is 1.72. The fourth-order valence-electron chi connectivity index (χ4n) is 1.81. The van der Waals surface area contributed by atoms with E-state index in [2.05, 4.69) is 11.1 Å². The van der Waals surface area contributed by atoms with E-state index >= 15 is 0 Å². The predicted molar refractivity (Wildman–Crippen MR) is 67.4 cm³/mol. The Labute approximate surface area is 105 Å². The topological polar surface area (TPSA) is 81.2 Å². The standard InChI is InChI=1S/C13H13N3O2/c1-8-9(5-14)6-16-11-4-13(18-7-15)12(17-2)3-10(8)11/h3-4,6H,7,15H2,1-2H3. The van der Waals surface area contributed by atoms with Gasteiger partial charge in [-0.25, -0.2) is 0 Å². The van der Waals surface area contributed by atoms with Crippen LogP contribution in [0.1, 0.15) is 11.1 Å². The molecule has 5 nitrogen and oxygen atoms in total. The van der Waals surface area contributed by atoms with Crippen LogP contribution in [0.2, 0.25) is 0 Å². The van der Waals surface area contributed by atoms with Crippen LogP contribution in [-0.4, -0.2) is 18.8 Å². The quantitative estimate of drug-likeness (QED) is 0.830. The van der Waals surface area contributed by atoms with E-state index in [-0.39, 0.29) is 6.73 Å². The van der Waals surface area contributed by atoms with Crippen molar-refractivity contribution in [3.05, 3.63) is 29.5 Å². The first-order chi connectivity index (χ1) is 8.71. The lowest BCUT2D eigenvalue weighted by Crippen LogP contribution is -2.08. The maximum Gasteiger partial charge on any atom is 0.165 e. The number of nitrogens with zero attached hydrogens (tertiary/aromatic N) is 2. The average Bonchev–Trinajstić information content (AvgIpc) is 2.39. The molecule has 0 saturated heterocycles. The number of ether oxygens (including phenoxy) is 2. The molecule has 0 aliphatic heterocycles. The SMILES string of the molecule is COc1cc2c(C)c(C#N)cnc2cc1OCN. The number of hydrogen-bond donors (Lipinski definition) is 1. The van der Waals surface area contributed by atoms with E-state index in [1.807, 2.05) is 13.0 Å². The number of methoxy groups -OCH3 is 1. The Kier molecular flexibility index (Phi) is 3.31. The lowest BCUT2D eigenvalue weighted by molar-refractivity contribution is 0.304. The third-order valence-electron chi connectivity index (χ3n) is 2.78. The minimum absolute atomic E-state index is 0.0666. The van der Waals surface area contributed by atoms with Gasteiger partial charge in [0.1, 0.15) is 12.8 Å². The van der Waals surface area contributed by atoms with Crippen molar-refractivity contribution in [3.8, 4) is 17.6 Å². The van der Waals surface area contributed by atoms with Crippen molar-refractivity contribution >= 4 is 10.9 Å². The fraction of sp³-hybridized carbons (Fsp3) is 0.231. The van der Waals surface area contributed by atoms with Gasteiger partial charge in [-0.2, -0.15) is 5.26 Å². The Hall–Kier alpha value is -2.32. The summed E-state index contributed by atoms with van der Waals surface area (Å²) in [6, 6.07) is 5.68. The summed E-state index contributed by atoms with van der Waals surface area (Å²) in [7, 11) is 1.56. The molecule has 0 amide bonds. The van der Waals surface area contributed by atoms with Crippen molar-refractivity contribution in [3.63, 3.8) is 0 Å². The molecular weight excluding hydrogens is 230 g/mol. The van der Waals surface area contributed by atoms with E-state index in [0.29, 0.717) is 17.1 Å². The number of fused-ring (bicyclic) bond motifs is 1. The summed E-state index contributed by atoms with van der Waals surface area (Å²) in [5.74, 6) is 1.12. The van der Waals surface area contributed by atoms with E-state index < -0.39 is 0 Å². The molecule has 0 fully saturated rings. The molecule has 18 heavy (non-hydrogen) atoms. The van der Waals surface area contributed by atoms with Crippen LogP contribution >= 0.6 is 0 Å². The second-order valence-electron chi connectivity index (χ2n) is 3.74. The van der Waals surface area contributed by atoms with Crippen molar-refractivity contribution in [1.29, 1.82) is 5.26 Å². The van der Waals surface area contributed by atoms with E-state index in [1.165, 1.54) is 0 Å². The Bertz CT molecular complexity index is 632. The molecule has 0 saturated carbocycles. The van der Waals surface area contributed by atoms with Crippen LogP contribution in [0, 0.1) is 18.3 Å². The van der Waals surface area contributed by atoms with Gasteiger partial charge in [0.25, 0.3) is 0 Å². The van der Waals surface area contributed by atoms with Crippen LogP contribution in [0.5, 0.6) is 11.5 Å². The van der Waals surface area contributed by atoms with Gasteiger partial charge >= 0.3 is 0 Å². The second kappa shape index (κ2) is 4.90. The molecule has 2 rings (SSSR count). The maximum atomic E-state index is 8.98. The smallest absolute Gasteiger partial charge is 0.165 e. The van der Waals surface area contributed by atoms with Gasteiger partial charge in [0.2, 0.25) is 0 Å². The lowest BCUT2D eigenvalue weighted by atomic mass is 10.1. The minimum Gasteiger partial charge on any atom is -0.493 e. The molecule has 1 heterocycles. The number of rotatable bonds is 3. The highest BCUT2D eigenvalue weighted by Crippen LogP contribution is 2.33. The summed E-state index contributed by atoms with van der Waals surface area (Å²) >= 11 is 0. The lowest BCUT2D eigenvalue weighted by Gasteiger charge is -2.11. The molecule has 0 atom stereocenters. The first-order valence-electron chi connectivity index (χ1n) is 5.41.